The van der Waals surface area contributed by atoms with Gasteiger partial charge in [0.1, 0.15) is 0 Å². The Bertz CT molecular complexity index is 589. The molecule has 1 aliphatic rings. The van der Waals surface area contributed by atoms with E-state index in [2.05, 4.69) is 0 Å². The van der Waals surface area contributed by atoms with Gasteiger partial charge in [0, 0.05) is 11.0 Å². The number of sulfone groups is 1. The van der Waals surface area contributed by atoms with Crippen molar-refractivity contribution in [3.63, 3.8) is 0 Å². The Morgan fingerprint density at radius 3 is 2.62 bits per heavy atom. The summed E-state index contributed by atoms with van der Waals surface area (Å²) in [4.78, 5) is 11.0. The van der Waals surface area contributed by atoms with E-state index in [1.807, 2.05) is 0 Å². The minimum Gasteiger partial charge on any atom is -0.478 e. The van der Waals surface area contributed by atoms with Crippen molar-refractivity contribution < 1.29 is 18.3 Å². The van der Waals surface area contributed by atoms with Gasteiger partial charge in [0.2, 0.25) is 0 Å². The lowest BCUT2D eigenvalue weighted by molar-refractivity contribution is 0.0696. The SMILES string of the molecule is O=C(O)c1cccc(S(=O)(=O)CCSC2CCCCC2)c1. The zero-order valence-corrected chi connectivity index (χ0v) is 13.5. The van der Waals surface area contributed by atoms with Crippen molar-refractivity contribution in [3.8, 4) is 0 Å². The number of aromatic carboxylic acids is 1. The lowest BCUT2D eigenvalue weighted by Crippen LogP contribution is -2.14. The molecule has 116 valence electrons. The molecule has 1 aromatic rings. The average molecular weight is 328 g/mol. The summed E-state index contributed by atoms with van der Waals surface area (Å²) in [6, 6.07) is 5.58. The number of carboxylic acids is 1. The van der Waals surface area contributed by atoms with E-state index in [0.717, 1.165) is 0 Å². The molecule has 21 heavy (non-hydrogen) atoms. The highest BCUT2D eigenvalue weighted by molar-refractivity contribution is 8.01. The number of carboxylic acid groups (broad SMARTS) is 1. The van der Waals surface area contributed by atoms with Crippen molar-refractivity contribution in [1.82, 2.24) is 0 Å². The molecule has 2 rings (SSSR count). The largest absolute Gasteiger partial charge is 0.478 e. The van der Waals surface area contributed by atoms with Crippen molar-refractivity contribution in [2.24, 2.45) is 0 Å². The van der Waals surface area contributed by atoms with Crippen molar-refractivity contribution in [3.05, 3.63) is 29.8 Å². The molecule has 1 N–H and O–H groups in total. The maximum atomic E-state index is 12.2. The van der Waals surface area contributed by atoms with Crippen molar-refractivity contribution in [2.45, 2.75) is 42.2 Å². The van der Waals surface area contributed by atoms with Gasteiger partial charge in [-0.25, -0.2) is 13.2 Å². The molecule has 0 amide bonds. The molecular formula is C15H20O4S2. The van der Waals surface area contributed by atoms with Gasteiger partial charge in [0.15, 0.2) is 9.84 Å². The van der Waals surface area contributed by atoms with E-state index in [4.69, 9.17) is 5.11 Å². The van der Waals surface area contributed by atoms with E-state index in [1.54, 1.807) is 11.8 Å². The van der Waals surface area contributed by atoms with Gasteiger partial charge in [0.25, 0.3) is 0 Å². The topological polar surface area (TPSA) is 71.4 Å². The lowest BCUT2D eigenvalue weighted by atomic mass is 10.0. The summed E-state index contributed by atoms with van der Waals surface area (Å²) < 4.78 is 24.5. The van der Waals surface area contributed by atoms with E-state index < -0.39 is 15.8 Å². The minimum absolute atomic E-state index is 0.0102. The number of carbonyl (C=O) groups is 1. The molecule has 0 spiro atoms. The van der Waals surface area contributed by atoms with Crippen LogP contribution in [0.1, 0.15) is 42.5 Å². The Hall–Kier alpha value is -1.01. The fourth-order valence-electron chi connectivity index (χ4n) is 2.50. The summed E-state index contributed by atoms with van der Waals surface area (Å²) in [5.74, 6) is -0.467. The van der Waals surface area contributed by atoms with Crippen LogP contribution in [-0.2, 0) is 9.84 Å². The van der Waals surface area contributed by atoms with E-state index >= 15 is 0 Å². The first-order chi connectivity index (χ1) is 9.99. The van der Waals surface area contributed by atoms with Crippen LogP contribution in [0.2, 0.25) is 0 Å². The summed E-state index contributed by atoms with van der Waals surface area (Å²) in [5, 5.41) is 9.50. The first kappa shape index (κ1) is 16.4. The molecule has 6 heteroatoms. The van der Waals surface area contributed by atoms with Crippen LogP contribution in [0.5, 0.6) is 0 Å². The van der Waals surface area contributed by atoms with Crippen LogP contribution in [0.4, 0.5) is 0 Å². The van der Waals surface area contributed by atoms with E-state index in [-0.39, 0.29) is 16.2 Å². The number of hydrogen-bond acceptors (Lipinski definition) is 4. The van der Waals surface area contributed by atoms with Gasteiger partial charge in [-0.2, -0.15) is 11.8 Å². The van der Waals surface area contributed by atoms with Gasteiger partial charge >= 0.3 is 5.97 Å². The molecule has 0 radical (unpaired) electrons. The van der Waals surface area contributed by atoms with Crippen molar-refractivity contribution in [1.29, 1.82) is 0 Å². The number of rotatable bonds is 6. The minimum atomic E-state index is -3.40. The van der Waals surface area contributed by atoms with Crippen LogP contribution in [0, 0.1) is 0 Å². The van der Waals surface area contributed by atoms with Gasteiger partial charge < -0.3 is 5.11 Å². The molecule has 0 aliphatic heterocycles. The van der Waals surface area contributed by atoms with Gasteiger partial charge in [-0.3, -0.25) is 0 Å². The van der Waals surface area contributed by atoms with Gasteiger partial charge in [0.05, 0.1) is 16.2 Å². The molecular weight excluding hydrogens is 308 g/mol. The van der Waals surface area contributed by atoms with Crippen molar-refractivity contribution >= 4 is 27.6 Å². The molecule has 0 heterocycles. The Morgan fingerprint density at radius 2 is 1.95 bits per heavy atom. The van der Waals surface area contributed by atoms with Gasteiger partial charge in [-0.1, -0.05) is 25.3 Å². The molecule has 0 aromatic heterocycles. The lowest BCUT2D eigenvalue weighted by Gasteiger charge is -2.20. The third-order valence-corrected chi connectivity index (χ3v) is 7.05. The van der Waals surface area contributed by atoms with Crippen LogP contribution in [0.3, 0.4) is 0 Å². The van der Waals surface area contributed by atoms with Crippen LogP contribution >= 0.6 is 11.8 Å². The Kier molecular flexibility index (Phi) is 5.70. The molecule has 4 nitrogen and oxygen atoms in total. The van der Waals surface area contributed by atoms with E-state index in [1.165, 1.54) is 56.4 Å². The summed E-state index contributed by atoms with van der Waals surface area (Å²) in [6.07, 6.45) is 6.13. The highest BCUT2D eigenvalue weighted by Gasteiger charge is 2.18. The summed E-state index contributed by atoms with van der Waals surface area (Å²) in [5.41, 5.74) is 0.0102. The van der Waals surface area contributed by atoms with E-state index in [0.29, 0.717) is 11.0 Å². The standard InChI is InChI=1S/C15H20O4S2/c16-15(17)12-5-4-8-14(11-12)21(18,19)10-9-20-13-6-2-1-3-7-13/h4-5,8,11,13H,1-3,6-7,9-10H2,(H,16,17). The Morgan fingerprint density at radius 1 is 1.24 bits per heavy atom. The zero-order valence-electron chi connectivity index (χ0n) is 11.8. The first-order valence-electron chi connectivity index (χ1n) is 7.17. The van der Waals surface area contributed by atoms with Crippen LogP contribution in [0.25, 0.3) is 0 Å². The molecule has 0 saturated heterocycles. The molecule has 0 unspecified atom stereocenters. The Labute approximate surface area is 129 Å². The molecule has 1 aliphatic carbocycles. The molecule has 1 fully saturated rings. The zero-order chi connectivity index (χ0) is 15.3. The molecule has 1 aromatic carbocycles. The summed E-state index contributed by atoms with van der Waals surface area (Å²) in [7, 11) is -3.40. The number of thioether (sulfide) groups is 1. The van der Waals surface area contributed by atoms with Crippen molar-refractivity contribution in [2.75, 3.05) is 11.5 Å². The number of benzene rings is 1. The predicted molar refractivity (Wildman–Crippen MR) is 84.8 cm³/mol. The average Bonchev–Trinajstić information content (AvgIpc) is 2.48. The summed E-state index contributed by atoms with van der Waals surface area (Å²) >= 11 is 1.73. The van der Waals surface area contributed by atoms with Gasteiger partial charge in [-0.15, -0.1) is 0 Å². The van der Waals surface area contributed by atoms with Crippen LogP contribution in [-0.4, -0.2) is 36.2 Å². The normalized spacial score (nSPS) is 16.8. The van der Waals surface area contributed by atoms with Crippen LogP contribution < -0.4 is 0 Å². The third-order valence-electron chi connectivity index (χ3n) is 3.70. The van der Waals surface area contributed by atoms with Crippen LogP contribution in [0.15, 0.2) is 29.2 Å². The second-order valence-corrected chi connectivity index (χ2v) is 8.80. The maximum absolute atomic E-state index is 12.2. The smallest absolute Gasteiger partial charge is 0.335 e. The van der Waals surface area contributed by atoms with E-state index in [9.17, 15) is 13.2 Å². The summed E-state index contributed by atoms with van der Waals surface area (Å²) in [6.45, 7) is 0. The number of hydrogen-bond donors (Lipinski definition) is 1. The monoisotopic (exact) mass is 328 g/mol. The molecule has 1 saturated carbocycles. The third kappa shape index (κ3) is 4.74. The highest BCUT2D eigenvalue weighted by Crippen LogP contribution is 2.28. The fraction of sp³-hybridized carbons (Fsp3) is 0.533. The fourth-order valence-corrected chi connectivity index (χ4v) is 5.59. The highest BCUT2D eigenvalue weighted by atomic mass is 32.2. The molecule has 0 atom stereocenters. The maximum Gasteiger partial charge on any atom is 0.335 e. The Balaban J connectivity index is 1.94. The first-order valence-corrected chi connectivity index (χ1v) is 9.87. The van der Waals surface area contributed by atoms with Gasteiger partial charge in [-0.05, 0) is 31.0 Å². The second-order valence-electron chi connectivity index (χ2n) is 5.28. The quantitative estimate of drug-likeness (QED) is 0.868. The second kappa shape index (κ2) is 7.31. The molecule has 0 bridgehead atoms. The predicted octanol–water partition coefficient (Wildman–Crippen LogP) is 3.22.